The molecule has 0 aromatic heterocycles. The van der Waals surface area contributed by atoms with Crippen LogP contribution in [0.4, 0.5) is 9.59 Å². The van der Waals surface area contributed by atoms with Gasteiger partial charge in [-0.2, -0.15) is 0 Å². The number of carboxylic acid groups (broad SMARTS) is 1. The van der Waals surface area contributed by atoms with Crippen LogP contribution in [0.2, 0.25) is 10.0 Å². The van der Waals surface area contributed by atoms with E-state index >= 15 is 0 Å². The molecule has 38 heavy (non-hydrogen) atoms. The Balaban J connectivity index is 1.26. The van der Waals surface area contributed by atoms with Gasteiger partial charge in [0.05, 0.1) is 6.04 Å². The highest BCUT2D eigenvalue weighted by atomic mass is 35.5. The number of piperazine rings is 2. The summed E-state index contributed by atoms with van der Waals surface area (Å²) in [5, 5.41) is 13.9. The molecule has 2 aromatic carbocycles. The number of aliphatic carboxylic acids is 1. The van der Waals surface area contributed by atoms with Crippen LogP contribution in [0.3, 0.4) is 0 Å². The Bertz CT molecular complexity index is 1190. The van der Waals surface area contributed by atoms with Crippen LogP contribution in [0.15, 0.2) is 48.5 Å². The lowest BCUT2D eigenvalue weighted by Crippen LogP contribution is -2.60. The van der Waals surface area contributed by atoms with Crippen LogP contribution in [0.1, 0.15) is 17.2 Å². The fourth-order valence-corrected chi connectivity index (χ4v) is 5.32. The third kappa shape index (κ3) is 5.02. The molecule has 0 radical (unpaired) electrons. The maximum Gasteiger partial charge on any atom is 0.434 e. The summed E-state index contributed by atoms with van der Waals surface area (Å²) < 4.78 is 0. The van der Waals surface area contributed by atoms with E-state index in [4.69, 9.17) is 28.0 Å². The van der Waals surface area contributed by atoms with E-state index in [1.165, 1.54) is 4.90 Å². The molecule has 4 amide bonds. The van der Waals surface area contributed by atoms with E-state index in [-0.39, 0.29) is 19.1 Å². The molecule has 2 N–H and O–H groups in total. The number of carbonyl (C=O) groups excluding carboxylic acids is 3. The van der Waals surface area contributed by atoms with Gasteiger partial charge >= 0.3 is 18.1 Å². The number of imide groups is 1. The van der Waals surface area contributed by atoms with Crippen LogP contribution in [-0.4, -0.2) is 100 Å². The van der Waals surface area contributed by atoms with Crippen LogP contribution in [0.5, 0.6) is 0 Å². The predicted molar refractivity (Wildman–Crippen MR) is 137 cm³/mol. The molecule has 200 valence electrons. The first-order valence-electron chi connectivity index (χ1n) is 12.1. The third-order valence-corrected chi connectivity index (χ3v) is 7.49. The van der Waals surface area contributed by atoms with E-state index in [2.05, 4.69) is 10.2 Å². The Kier molecular flexibility index (Phi) is 7.44. The number of nitrogens with one attached hydrogen (secondary N) is 1. The van der Waals surface area contributed by atoms with Gasteiger partial charge < -0.3 is 20.2 Å². The Hall–Kier alpha value is -3.38. The minimum atomic E-state index is -1.25. The molecule has 0 saturated carbocycles. The molecule has 3 heterocycles. The quantitative estimate of drug-likeness (QED) is 0.533. The number of carbonyl (C=O) groups is 4. The molecule has 0 bridgehead atoms. The van der Waals surface area contributed by atoms with Crippen molar-refractivity contribution in [2.45, 2.75) is 18.1 Å². The minimum absolute atomic E-state index is 0.00297. The third-order valence-electron chi connectivity index (χ3n) is 6.99. The van der Waals surface area contributed by atoms with Gasteiger partial charge in [-0.05, 0) is 35.4 Å². The molecule has 5 rings (SSSR count). The minimum Gasteiger partial charge on any atom is -0.480 e. The monoisotopic (exact) mass is 561 g/mol. The van der Waals surface area contributed by atoms with Crippen LogP contribution in [0.25, 0.3) is 0 Å². The molecule has 0 spiro atoms. The van der Waals surface area contributed by atoms with Crippen LogP contribution in [-0.2, 0) is 14.4 Å². The van der Waals surface area contributed by atoms with Crippen LogP contribution in [0, 0.1) is 0 Å². The number of fused-ring (bicyclic) bond motifs is 1. The molecule has 13 heteroatoms. The number of halogens is 2. The molecular weight excluding hydrogens is 537 g/mol. The summed E-state index contributed by atoms with van der Waals surface area (Å²) in [7, 11) is 0. The highest BCUT2D eigenvalue weighted by Gasteiger charge is 2.54. The van der Waals surface area contributed by atoms with Crippen molar-refractivity contribution in [3.8, 4) is 0 Å². The standard InChI is InChI=1S/C25H25Cl2N5O6/c26-17-5-1-15(2-6-17)21(16-3-7-18(27)8-4-16)29-9-11-30(12-10-29)25(37)38-32-22(33)19-13-28-14-20(23(34)35)31(19)24(32)36/h1-8,19-21,28H,9-14H2,(H,34,35). The normalized spacial score (nSPS) is 22.1. The lowest BCUT2D eigenvalue weighted by molar-refractivity contribution is -0.152. The van der Waals surface area contributed by atoms with Gasteiger partial charge in [0, 0.05) is 49.3 Å². The Morgan fingerprint density at radius 2 is 1.45 bits per heavy atom. The van der Waals surface area contributed by atoms with Gasteiger partial charge in [-0.3, -0.25) is 14.6 Å². The smallest absolute Gasteiger partial charge is 0.434 e. The summed E-state index contributed by atoms with van der Waals surface area (Å²) in [5.74, 6) is -2.02. The first-order valence-corrected chi connectivity index (χ1v) is 12.8. The summed E-state index contributed by atoms with van der Waals surface area (Å²) in [5.41, 5.74) is 2.05. The summed E-state index contributed by atoms with van der Waals surface area (Å²) >= 11 is 12.2. The zero-order valence-electron chi connectivity index (χ0n) is 20.1. The van der Waals surface area contributed by atoms with E-state index in [9.17, 15) is 24.3 Å². The molecule has 11 nitrogen and oxygen atoms in total. The zero-order chi connectivity index (χ0) is 27.0. The molecule has 2 atom stereocenters. The highest BCUT2D eigenvalue weighted by Crippen LogP contribution is 2.31. The fourth-order valence-electron chi connectivity index (χ4n) is 5.07. The molecule has 3 saturated heterocycles. The van der Waals surface area contributed by atoms with Crippen molar-refractivity contribution in [1.29, 1.82) is 0 Å². The van der Waals surface area contributed by atoms with Crippen molar-refractivity contribution >= 4 is 47.2 Å². The number of hydroxylamine groups is 2. The number of urea groups is 1. The largest absolute Gasteiger partial charge is 0.480 e. The molecule has 3 aliphatic rings. The second-order valence-corrected chi connectivity index (χ2v) is 10.1. The van der Waals surface area contributed by atoms with Gasteiger partial charge in [0.1, 0.15) is 12.1 Å². The van der Waals surface area contributed by atoms with Gasteiger partial charge in [-0.25, -0.2) is 14.4 Å². The molecular formula is C25H25Cl2N5O6. The van der Waals surface area contributed by atoms with Crippen molar-refractivity contribution in [2.75, 3.05) is 39.3 Å². The topological polar surface area (TPSA) is 123 Å². The predicted octanol–water partition coefficient (Wildman–Crippen LogP) is 2.44. The Labute approximate surface area is 228 Å². The maximum absolute atomic E-state index is 12.9. The Morgan fingerprint density at radius 3 is 1.97 bits per heavy atom. The van der Waals surface area contributed by atoms with Crippen molar-refractivity contribution in [2.24, 2.45) is 0 Å². The average Bonchev–Trinajstić information content (AvgIpc) is 3.16. The zero-order valence-corrected chi connectivity index (χ0v) is 21.6. The maximum atomic E-state index is 12.9. The van der Waals surface area contributed by atoms with Gasteiger partial charge in [0.15, 0.2) is 0 Å². The molecule has 0 aliphatic carbocycles. The number of benzene rings is 2. The van der Waals surface area contributed by atoms with E-state index < -0.39 is 36.1 Å². The van der Waals surface area contributed by atoms with Crippen molar-refractivity contribution in [1.82, 2.24) is 25.1 Å². The number of rotatable bonds is 5. The van der Waals surface area contributed by atoms with Gasteiger partial charge in [-0.15, -0.1) is 0 Å². The SMILES string of the molecule is O=C(O)C1CNCC2C(=O)N(OC(=O)N3CCN(C(c4ccc(Cl)cc4)c4ccc(Cl)cc4)CC3)C(=O)N12. The van der Waals surface area contributed by atoms with Gasteiger partial charge in [0.25, 0.3) is 5.91 Å². The molecule has 2 aromatic rings. The number of nitrogens with zero attached hydrogens (tertiary/aromatic N) is 4. The lowest BCUT2D eigenvalue weighted by Gasteiger charge is -2.39. The van der Waals surface area contributed by atoms with E-state index in [1.807, 2.05) is 48.5 Å². The van der Waals surface area contributed by atoms with Gasteiger partial charge in [-0.1, -0.05) is 52.5 Å². The number of hydrogen-bond donors (Lipinski definition) is 2. The van der Waals surface area contributed by atoms with Crippen molar-refractivity contribution in [3.63, 3.8) is 0 Å². The highest BCUT2D eigenvalue weighted by molar-refractivity contribution is 6.30. The van der Waals surface area contributed by atoms with E-state index in [1.54, 1.807) is 0 Å². The van der Waals surface area contributed by atoms with Crippen LogP contribution < -0.4 is 5.32 Å². The summed E-state index contributed by atoms with van der Waals surface area (Å²) in [6, 6.07) is 11.8. The molecule has 3 fully saturated rings. The molecule has 3 aliphatic heterocycles. The average molecular weight is 562 g/mol. The summed E-state index contributed by atoms with van der Waals surface area (Å²) in [4.78, 5) is 59.8. The first kappa shape index (κ1) is 26.2. The number of amides is 4. The van der Waals surface area contributed by atoms with Gasteiger partial charge in [0.2, 0.25) is 0 Å². The Morgan fingerprint density at radius 1 is 0.895 bits per heavy atom. The summed E-state index contributed by atoms with van der Waals surface area (Å²) in [6.45, 7) is 1.65. The van der Waals surface area contributed by atoms with Crippen molar-refractivity contribution < 1.29 is 29.1 Å². The fraction of sp³-hybridized carbons (Fsp3) is 0.360. The van der Waals surface area contributed by atoms with E-state index in [0.717, 1.165) is 16.0 Å². The second-order valence-electron chi connectivity index (χ2n) is 9.24. The summed E-state index contributed by atoms with van der Waals surface area (Å²) in [6.07, 6.45) is -0.847. The first-order chi connectivity index (χ1) is 18.2. The van der Waals surface area contributed by atoms with Crippen LogP contribution >= 0.6 is 23.2 Å². The van der Waals surface area contributed by atoms with E-state index in [0.29, 0.717) is 41.3 Å². The number of carboxylic acids is 1. The second kappa shape index (κ2) is 10.8. The number of hydrogen-bond acceptors (Lipinski definition) is 7. The molecule has 2 unspecified atom stereocenters. The lowest BCUT2D eigenvalue weighted by atomic mass is 9.96. The van der Waals surface area contributed by atoms with Crippen molar-refractivity contribution in [3.05, 3.63) is 69.7 Å².